The van der Waals surface area contributed by atoms with Crippen molar-refractivity contribution >= 4 is 23.2 Å². The normalized spacial score (nSPS) is 21.8. The Kier molecular flexibility index (Phi) is 6.20. The number of nitrogens with two attached hydrogens (primary N) is 1. The van der Waals surface area contributed by atoms with Crippen molar-refractivity contribution in [3.05, 3.63) is 22.4 Å². The minimum Gasteiger partial charge on any atom is -0.353 e. The molecule has 1 aromatic rings. The first-order valence-corrected chi connectivity index (χ1v) is 8.45. The van der Waals surface area contributed by atoms with E-state index in [1.807, 2.05) is 5.38 Å². The van der Waals surface area contributed by atoms with Gasteiger partial charge in [0, 0.05) is 30.0 Å². The van der Waals surface area contributed by atoms with Crippen LogP contribution in [0.3, 0.4) is 0 Å². The number of amides is 2. The number of carbonyl (C=O) groups excluding carboxylic acids is 2. The average molecular weight is 309 g/mol. The first kappa shape index (κ1) is 16.0. The molecule has 1 fully saturated rings. The third-order valence-electron chi connectivity index (χ3n) is 3.98. The van der Waals surface area contributed by atoms with Crippen LogP contribution in [0.2, 0.25) is 0 Å². The summed E-state index contributed by atoms with van der Waals surface area (Å²) >= 11 is 1.48. The molecular formula is C15H23N3O2S. The zero-order chi connectivity index (χ0) is 15.1. The molecule has 1 heterocycles. The molecule has 0 aliphatic heterocycles. The second kappa shape index (κ2) is 8.14. The maximum absolute atomic E-state index is 11.9. The monoisotopic (exact) mass is 309 g/mol. The number of carbonyl (C=O) groups is 2. The van der Waals surface area contributed by atoms with Crippen LogP contribution >= 0.6 is 11.3 Å². The fourth-order valence-corrected chi connectivity index (χ4v) is 3.38. The minimum atomic E-state index is -0.124. The van der Waals surface area contributed by atoms with Crippen molar-refractivity contribution in [3.63, 3.8) is 0 Å². The minimum absolute atomic E-state index is 0.00836. The Labute approximate surface area is 129 Å². The van der Waals surface area contributed by atoms with Crippen molar-refractivity contribution in [3.8, 4) is 0 Å². The Bertz CT molecular complexity index is 461. The fraction of sp³-hybridized carbons (Fsp3) is 0.600. The molecule has 2 atom stereocenters. The van der Waals surface area contributed by atoms with Crippen LogP contribution in [-0.2, 0) is 4.79 Å². The molecular weight excluding hydrogens is 286 g/mol. The topological polar surface area (TPSA) is 84.2 Å². The van der Waals surface area contributed by atoms with Crippen molar-refractivity contribution in [2.45, 2.75) is 38.1 Å². The second-order valence-electron chi connectivity index (χ2n) is 5.47. The van der Waals surface area contributed by atoms with E-state index in [1.54, 1.807) is 11.4 Å². The Morgan fingerprint density at radius 2 is 2.14 bits per heavy atom. The summed E-state index contributed by atoms with van der Waals surface area (Å²) in [5.74, 6) is 0.260. The highest BCUT2D eigenvalue weighted by molar-refractivity contribution is 7.08. The Morgan fingerprint density at radius 3 is 2.86 bits per heavy atom. The van der Waals surface area contributed by atoms with E-state index < -0.39 is 0 Å². The Hall–Kier alpha value is -1.40. The molecule has 4 N–H and O–H groups in total. The summed E-state index contributed by atoms with van der Waals surface area (Å²) < 4.78 is 0. The van der Waals surface area contributed by atoms with Gasteiger partial charge in [0.1, 0.15) is 0 Å². The second-order valence-corrected chi connectivity index (χ2v) is 6.25. The highest BCUT2D eigenvalue weighted by atomic mass is 32.1. The Balaban J connectivity index is 1.68. The van der Waals surface area contributed by atoms with Gasteiger partial charge in [0.25, 0.3) is 5.91 Å². The van der Waals surface area contributed by atoms with Gasteiger partial charge in [-0.15, -0.1) is 0 Å². The molecule has 116 valence electrons. The molecule has 1 aliphatic carbocycles. The fourth-order valence-electron chi connectivity index (χ4n) is 2.74. The lowest BCUT2D eigenvalue weighted by Gasteiger charge is -2.31. The predicted octanol–water partition coefficient (Wildman–Crippen LogP) is 1.50. The molecule has 1 saturated carbocycles. The summed E-state index contributed by atoms with van der Waals surface area (Å²) in [5, 5.41) is 9.47. The molecule has 2 unspecified atom stereocenters. The molecule has 5 nitrogen and oxygen atoms in total. The van der Waals surface area contributed by atoms with E-state index in [-0.39, 0.29) is 17.9 Å². The van der Waals surface area contributed by atoms with Crippen LogP contribution in [0.4, 0.5) is 0 Å². The molecule has 0 radical (unpaired) electrons. The molecule has 1 aromatic heterocycles. The van der Waals surface area contributed by atoms with Crippen LogP contribution in [0.5, 0.6) is 0 Å². The smallest absolute Gasteiger partial charge is 0.252 e. The highest BCUT2D eigenvalue weighted by Crippen LogP contribution is 2.23. The first-order chi connectivity index (χ1) is 10.2. The quantitative estimate of drug-likeness (QED) is 0.744. The van der Waals surface area contributed by atoms with E-state index in [1.165, 1.54) is 17.8 Å². The predicted molar refractivity (Wildman–Crippen MR) is 84.2 cm³/mol. The van der Waals surface area contributed by atoms with Crippen molar-refractivity contribution in [1.82, 2.24) is 10.6 Å². The first-order valence-electron chi connectivity index (χ1n) is 7.50. The van der Waals surface area contributed by atoms with Gasteiger partial charge in [0.15, 0.2) is 0 Å². The molecule has 0 bridgehead atoms. The van der Waals surface area contributed by atoms with Gasteiger partial charge < -0.3 is 16.4 Å². The molecule has 21 heavy (non-hydrogen) atoms. The number of thiophene rings is 1. The zero-order valence-electron chi connectivity index (χ0n) is 12.1. The van der Waals surface area contributed by atoms with Crippen LogP contribution in [-0.4, -0.2) is 30.9 Å². The largest absolute Gasteiger partial charge is 0.353 e. The van der Waals surface area contributed by atoms with Crippen molar-refractivity contribution in [1.29, 1.82) is 0 Å². The number of hydrogen-bond acceptors (Lipinski definition) is 4. The van der Waals surface area contributed by atoms with Gasteiger partial charge in [-0.1, -0.05) is 12.8 Å². The van der Waals surface area contributed by atoms with E-state index in [9.17, 15) is 9.59 Å². The van der Waals surface area contributed by atoms with E-state index in [4.69, 9.17) is 5.73 Å². The maximum Gasteiger partial charge on any atom is 0.252 e. The van der Waals surface area contributed by atoms with Gasteiger partial charge >= 0.3 is 0 Å². The number of hydrogen-bond donors (Lipinski definition) is 3. The van der Waals surface area contributed by atoms with Gasteiger partial charge in [-0.05, 0) is 36.8 Å². The van der Waals surface area contributed by atoms with Crippen LogP contribution in [0.15, 0.2) is 16.8 Å². The number of nitrogens with one attached hydrogen (secondary N) is 2. The maximum atomic E-state index is 11.9. The van der Waals surface area contributed by atoms with Crippen LogP contribution in [0, 0.1) is 5.92 Å². The van der Waals surface area contributed by atoms with Crippen LogP contribution in [0.1, 0.15) is 42.5 Å². The van der Waals surface area contributed by atoms with Gasteiger partial charge in [-0.25, -0.2) is 0 Å². The summed E-state index contributed by atoms with van der Waals surface area (Å²) in [7, 11) is 0. The van der Waals surface area contributed by atoms with Crippen molar-refractivity contribution in [2.24, 2.45) is 11.7 Å². The summed E-state index contributed by atoms with van der Waals surface area (Å²) in [6.07, 6.45) is 4.76. The molecule has 0 saturated heterocycles. The molecule has 0 aromatic carbocycles. The summed E-state index contributed by atoms with van der Waals surface area (Å²) in [6, 6.07) is 1.97. The van der Waals surface area contributed by atoms with Crippen molar-refractivity contribution < 1.29 is 9.59 Å². The van der Waals surface area contributed by atoms with Gasteiger partial charge in [0.05, 0.1) is 0 Å². The van der Waals surface area contributed by atoms with E-state index in [0.717, 1.165) is 19.3 Å². The SMILES string of the molecule is NCC1CCCCC1NC(=O)CCNC(=O)c1ccsc1. The summed E-state index contributed by atoms with van der Waals surface area (Å²) in [6.45, 7) is 0.986. The molecule has 6 heteroatoms. The van der Waals surface area contributed by atoms with Gasteiger partial charge in [-0.2, -0.15) is 11.3 Å². The lowest BCUT2D eigenvalue weighted by atomic mass is 9.84. The molecule has 1 aliphatic rings. The van der Waals surface area contributed by atoms with Crippen LogP contribution in [0.25, 0.3) is 0 Å². The molecule has 0 spiro atoms. The highest BCUT2D eigenvalue weighted by Gasteiger charge is 2.25. The van der Waals surface area contributed by atoms with Gasteiger partial charge in [-0.3, -0.25) is 9.59 Å². The van der Waals surface area contributed by atoms with Crippen LogP contribution < -0.4 is 16.4 Å². The third-order valence-corrected chi connectivity index (χ3v) is 4.66. The average Bonchev–Trinajstić information content (AvgIpc) is 3.02. The standard InChI is InChI=1S/C15H23N3O2S/c16-9-11-3-1-2-4-13(11)18-14(19)5-7-17-15(20)12-6-8-21-10-12/h6,8,10-11,13H,1-5,7,9,16H2,(H,17,20)(H,18,19). The van der Waals surface area contributed by atoms with Crippen molar-refractivity contribution in [2.75, 3.05) is 13.1 Å². The lowest BCUT2D eigenvalue weighted by molar-refractivity contribution is -0.122. The zero-order valence-corrected chi connectivity index (χ0v) is 13.0. The Morgan fingerprint density at radius 1 is 1.33 bits per heavy atom. The van der Waals surface area contributed by atoms with E-state index >= 15 is 0 Å². The number of rotatable bonds is 6. The van der Waals surface area contributed by atoms with E-state index in [2.05, 4.69) is 10.6 Å². The molecule has 2 rings (SSSR count). The van der Waals surface area contributed by atoms with E-state index in [0.29, 0.717) is 31.0 Å². The molecule has 2 amide bonds. The van der Waals surface area contributed by atoms with Gasteiger partial charge in [0.2, 0.25) is 5.91 Å². The lowest BCUT2D eigenvalue weighted by Crippen LogP contribution is -2.45. The summed E-state index contributed by atoms with van der Waals surface area (Å²) in [5.41, 5.74) is 6.41. The third kappa shape index (κ3) is 4.82. The summed E-state index contributed by atoms with van der Waals surface area (Å²) in [4.78, 5) is 23.7.